The predicted octanol–water partition coefficient (Wildman–Crippen LogP) is 4.74. The number of nitrogens with zero attached hydrogens (tertiary/aromatic N) is 2. The average Bonchev–Trinajstić information content (AvgIpc) is 3.20. The molecule has 0 N–H and O–H groups in total. The zero-order chi connectivity index (χ0) is 20.8. The second-order valence-corrected chi connectivity index (χ2v) is 8.62. The van der Waals surface area contributed by atoms with Crippen LogP contribution >= 0.6 is 11.3 Å². The number of hydrogen-bond donors (Lipinski definition) is 0. The number of unbranched alkanes of at least 4 members (excludes halogenated alkanes) is 1. The highest BCUT2D eigenvalue weighted by Crippen LogP contribution is 2.37. The minimum atomic E-state index is -0.0885. The van der Waals surface area contributed by atoms with E-state index in [9.17, 15) is 9.59 Å². The summed E-state index contributed by atoms with van der Waals surface area (Å²) in [5.74, 6) is 0.0272. The van der Waals surface area contributed by atoms with Gasteiger partial charge in [-0.1, -0.05) is 49.2 Å². The number of fused-ring (bicyclic) bond motifs is 1. The molecule has 0 unspecified atom stereocenters. The molecule has 154 valence electrons. The van der Waals surface area contributed by atoms with E-state index < -0.39 is 0 Å². The summed E-state index contributed by atoms with van der Waals surface area (Å²) < 4.78 is 0. The SMILES string of the molecule is C=CCN(CC(=O)N1CCc2sccc2[C@H]1c1ccc(C)cc1)C(=O)CCCC. The van der Waals surface area contributed by atoms with Crippen molar-refractivity contribution in [2.24, 2.45) is 0 Å². The molecule has 2 amide bonds. The van der Waals surface area contributed by atoms with Gasteiger partial charge in [-0.25, -0.2) is 0 Å². The summed E-state index contributed by atoms with van der Waals surface area (Å²) in [7, 11) is 0. The Morgan fingerprint density at radius 3 is 2.72 bits per heavy atom. The lowest BCUT2D eigenvalue weighted by molar-refractivity contribution is -0.141. The second-order valence-electron chi connectivity index (χ2n) is 7.62. The van der Waals surface area contributed by atoms with Crippen LogP contribution in [0.2, 0.25) is 0 Å². The van der Waals surface area contributed by atoms with Gasteiger partial charge in [-0.3, -0.25) is 9.59 Å². The Bertz CT molecular complexity index is 856. The van der Waals surface area contributed by atoms with E-state index in [1.165, 1.54) is 16.0 Å². The quantitative estimate of drug-likeness (QED) is 0.590. The van der Waals surface area contributed by atoms with Crippen LogP contribution in [0, 0.1) is 6.92 Å². The van der Waals surface area contributed by atoms with Crippen LogP contribution in [0.3, 0.4) is 0 Å². The van der Waals surface area contributed by atoms with Crippen molar-refractivity contribution in [2.45, 2.75) is 45.6 Å². The molecule has 1 aliphatic rings. The van der Waals surface area contributed by atoms with E-state index in [0.717, 1.165) is 24.8 Å². The molecule has 2 aromatic rings. The number of rotatable bonds is 8. The Kier molecular flexibility index (Phi) is 7.26. The van der Waals surface area contributed by atoms with E-state index in [1.54, 1.807) is 22.3 Å². The molecule has 0 radical (unpaired) electrons. The maximum absolute atomic E-state index is 13.3. The lowest BCUT2D eigenvalue weighted by Crippen LogP contribution is -2.46. The third-order valence-corrected chi connectivity index (χ3v) is 6.45. The Hall–Kier alpha value is -2.40. The van der Waals surface area contributed by atoms with Gasteiger partial charge in [0, 0.05) is 24.4 Å². The van der Waals surface area contributed by atoms with Crippen LogP contribution in [0.4, 0.5) is 0 Å². The molecule has 1 aromatic heterocycles. The van der Waals surface area contributed by atoms with Crippen molar-refractivity contribution in [1.29, 1.82) is 0 Å². The van der Waals surface area contributed by atoms with Crippen LogP contribution < -0.4 is 0 Å². The molecule has 4 nitrogen and oxygen atoms in total. The molecule has 1 aromatic carbocycles. The van der Waals surface area contributed by atoms with Crippen molar-refractivity contribution in [3.8, 4) is 0 Å². The number of hydrogen-bond acceptors (Lipinski definition) is 3. The summed E-state index contributed by atoms with van der Waals surface area (Å²) in [4.78, 5) is 30.8. The summed E-state index contributed by atoms with van der Waals surface area (Å²) >= 11 is 1.76. The molecular weight excluding hydrogens is 380 g/mol. The minimum Gasteiger partial charge on any atom is -0.330 e. The summed E-state index contributed by atoms with van der Waals surface area (Å²) in [6.07, 6.45) is 4.85. The topological polar surface area (TPSA) is 40.6 Å². The second kappa shape index (κ2) is 9.88. The Balaban J connectivity index is 1.84. The van der Waals surface area contributed by atoms with Gasteiger partial charge in [-0.2, -0.15) is 0 Å². The van der Waals surface area contributed by atoms with Gasteiger partial charge in [0.25, 0.3) is 0 Å². The maximum atomic E-state index is 13.3. The molecule has 0 aliphatic carbocycles. The number of carbonyl (C=O) groups excluding carboxylic acids is 2. The van der Waals surface area contributed by atoms with E-state index in [-0.39, 0.29) is 24.4 Å². The Morgan fingerprint density at radius 2 is 2.03 bits per heavy atom. The van der Waals surface area contributed by atoms with Crippen LogP contribution in [0.15, 0.2) is 48.4 Å². The first-order valence-electron chi connectivity index (χ1n) is 10.4. The zero-order valence-corrected chi connectivity index (χ0v) is 18.2. The van der Waals surface area contributed by atoms with Gasteiger partial charge < -0.3 is 9.80 Å². The lowest BCUT2D eigenvalue weighted by Gasteiger charge is -2.37. The fraction of sp³-hybridized carbons (Fsp3) is 0.417. The largest absolute Gasteiger partial charge is 0.330 e. The molecule has 5 heteroatoms. The van der Waals surface area contributed by atoms with Crippen molar-refractivity contribution < 1.29 is 9.59 Å². The van der Waals surface area contributed by atoms with Gasteiger partial charge in [-0.05, 0) is 42.3 Å². The molecule has 0 spiro atoms. The van der Waals surface area contributed by atoms with E-state index in [1.807, 2.05) is 4.90 Å². The van der Waals surface area contributed by atoms with Gasteiger partial charge >= 0.3 is 0 Å². The van der Waals surface area contributed by atoms with Crippen LogP contribution in [-0.2, 0) is 16.0 Å². The molecule has 29 heavy (non-hydrogen) atoms. The highest BCUT2D eigenvalue weighted by molar-refractivity contribution is 7.10. The van der Waals surface area contributed by atoms with Gasteiger partial charge in [0.05, 0.1) is 6.04 Å². The van der Waals surface area contributed by atoms with Crippen molar-refractivity contribution >= 4 is 23.2 Å². The van der Waals surface area contributed by atoms with Gasteiger partial charge in [-0.15, -0.1) is 17.9 Å². The molecule has 3 rings (SSSR count). The number of carbonyl (C=O) groups is 2. The molecular formula is C24H30N2O2S. The van der Waals surface area contributed by atoms with Gasteiger partial charge in [0.15, 0.2) is 0 Å². The monoisotopic (exact) mass is 410 g/mol. The number of aryl methyl sites for hydroxylation is 1. The number of benzene rings is 1. The first-order chi connectivity index (χ1) is 14.0. The third-order valence-electron chi connectivity index (χ3n) is 5.45. The molecule has 1 atom stereocenters. The smallest absolute Gasteiger partial charge is 0.243 e. The lowest BCUT2D eigenvalue weighted by atomic mass is 9.92. The molecule has 1 aliphatic heterocycles. The molecule has 0 saturated carbocycles. The highest BCUT2D eigenvalue weighted by Gasteiger charge is 2.33. The van der Waals surface area contributed by atoms with Crippen molar-refractivity contribution in [3.05, 3.63) is 69.9 Å². The summed E-state index contributed by atoms with van der Waals surface area (Å²) in [5, 5.41) is 2.11. The van der Waals surface area contributed by atoms with Crippen LogP contribution in [0.25, 0.3) is 0 Å². The normalized spacial score (nSPS) is 15.7. The molecule has 0 saturated heterocycles. The van der Waals surface area contributed by atoms with Crippen molar-refractivity contribution in [1.82, 2.24) is 9.80 Å². The molecule has 0 bridgehead atoms. The summed E-state index contributed by atoms with van der Waals surface area (Å²) in [6.45, 7) is 9.08. The average molecular weight is 411 g/mol. The highest BCUT2D eigenvalue weighted by atomic mass is 32.1. The summed E-state index contributed by atoms with van der Waals surface area (Å²) in [6, 6.07) is 10.5. The fourth-order valence-electron chi connectivity index (χ4n) is 3.84. The zero-order valence-electron chi connectivity index (χ0n) is 17.4. The first kappa shape index (κ1) is 21.3. The van der Waals surface area contributed by atoms with Gasteiger partial charge in [0.1, 0.15) is 6.54 Å². The minimum absolute atomic E-state index is 0.000812. The van der Waals surface area contributed by atoms with Crippen LogP contribution in [0.1, 0.15) is 53.8 Å². The van der Waals surface area contributed by atoms with E-state index in [2.05, 4.69) is 56.1 Å². The van der Waals surface area contributed by atoms with Crippen LogP contribution in [0.5, 0.6) is 0 Å². The number of thiophene rings is 1. The number of amides is 2. The van der Waals surface area contributed by atoms with E-state index in [4.69, 9.17) is 0 Å². The molecule has 2 heterocycles. The van der Waals surface area contributed by atoms with Crippen molar-refractivity contribution in [2.75, 3.05) is 19.6 Å². The van der Waals surface area contributed by atoms with Crippen LogP contribution in [-0.4, -0.2) is 41.2 Å². The predicted molar refractivity (Wildman–Crippen MR) is 119 cm³/mol. The maximum Gasteiger partial charge on any atom is 0.243 e. The van der Waals surface area contributed by atoms with E-state index >= 15 is 0 Å². The molecule has 0 fully saturated rings. The Labute approximate surface area is 177 Å². The Morgan fingerprint density at radius 1 is 1.28 bits per heavy atom. The third kappa shape index (κ3) is 4.96. The first-order valence-corrected chi connectivity index (χ1v) is 11.2. The standard InChI is InChI=1S/C24H30N2O2S/c1-4-6-7-22(27)25(14-5-2)17-23(28)26-15-12-21-20(13-16-29-21)24(26)19-10-8-18(3)9-11-19/h5,8-11,13,16,24H,2,4,6-7,12,14-15,17H2,1,3H3/t24-/m1/s1. The fourth-order valence-corrected chi connectivity index (χ4v) is 4.75. The summed E-state index contributed by atoms with van der Waals surface area (Å²) in [5.41, 5.74) is 3.54. The van der Waals surface area contributed by atoms with Gasteiger partial charge in [0.2, 0.25) is 11.8 Å². The van der Waals surface area contributed by atoms with E-state index in [0.29, 0.717) is 19.5 Å². The van der Waals surface area contributed by atoms with Crippen molar-refractivity contribution in [3.63, 3.8) is 0 Å².